The second kappa shape index (κ2) is 7.15. The van der Waals surface area contributed by atoms with E-state index in [2.05, 4.69) is 28.5 Å². The van der Waals surface area contributed by atoms with Crippen LogP contribution in [0.25, 0.3) is 10.8 Å². The molecule has 1 fully saturated rings. The summed E-state index contributed by atoms with van der Waals surface area (Å²) in [4.78, 5) is 8.77. The molecule has 0 radical (unpaired) electrons. The Morgan fingerprint density at radius 3 is 2.58 bits per heavy atom. The van der Waals surface area contributed by atoms with E-state index in [1.54, 1.807) is 12.4 Å². The van der Waals surface area contributed by atoms with Crippen molar-refractivity contribution in [2.75, 3.05) is 0 Å². The first-order valence-corrected chi connectivity index (χ1v) is 10.5. The minimum Gasteiger partial charge on any atom is -0.598 e. The average molecular weight is 396 g/mol. The van der Waals surface area contributed by atoms with Crippen LogP contribution in [0.2, 0.25) is 5.15 Å². The first-order chi connectivity index (χ1) is 12.1. The number of hydrogen-bond donors (Lipinski definition) is 1. The van der Waals surface area contributed by atoms with Gasteiger partial charge in [0.1, 0.15) is 15.5 Å². The average Bonchev–Trinajstić information content (AvgIpc) is 3.29. The molecule has 3 rings (SSSR count). The normalized spacial score (nSPS) is 18.6. The molecule has 2 aromatic heterocycles. The zero-order chi connectivity index (χ0) is 19.1. The molecule has 0 spiro atoms. The van der Waals surface area contributed by atoms with Gasteiger partial charge in [-0.25, -0.2) is 9.97 Å². The van der Waals surface area contributed by atoms with E-state index in [0.29, 0.717) is 11.0 Å². The van der Waals surface area contributed by atoms with Crippen LogP contribution in [-0.4, -0.2) is 24.9 Å². The van der Waals surface area contributed by atoms with Crippen LogP contribution < -0.4 is 9.46 Å². The van der Waals surface area contributed by atoms with Crippen molar-refractivity contribution in [3.05, 3.63) is 29.2 Å². The maximum Gasteiger partial charge on any atom is 0.223 e. The molecule has 2 heterocycles. The highest BCUT2D eigenvalue weighted by atomic mass is 35.5. The summed E-state index contributed by atoms with van der Waals surface area (Å²) in [7, 11) is 0. The molecular formula is C19H26ClN3O2S. The first-order valence-electron chi connectivity index (χ1n) is 8.94. The van der Waals surface area contributed by atoms with E-state index in [1.807, 2.05) is 26.8 Å². The fraction of sp³-hybridized carbons (Fsp3) is 0.579. The largest absolute Gasteiger partial charge is 0.598 e. The second-order valence-electron chi connectivity index (χ2n) is 8.08. The number of ether oxygens (including phenoxy) is 1. The van der Waals surface area contributed by atoms with Gasteiger partial charge < -0.3 is 9.29 Å². The SMILES string of the molecule is CC[C@@H](N[S+]([O-])C(C)(C)C)c1cnc(OC2(C)CC2)c2cnc(Cl)cc12. The van der Waals surface area contributed by atoms with Crippen LogP contribution in [0.3, 0.4) is 0 Å². The lowest BCUT2D eigenvalue weighted by Gasteiger charge is -2.28. The van der Waals surface area contributed by atoms with Crippen molar-refractivity contribution in [3.8, 4) is 5.88 Å². The molecule has 0 aromatic carbocycles. The lowest BCUT2D eigenvalue weighted by molar-refractivity contribution is 0.194. The van der Waals surface area contributed by atoms with E-state index in [-0.39, 0.29) is 16.4 Å². The van der Waals surface area contributed by atoms with Crippen LogP contribution in [0.5, 0.6) is 5.88 Å². The van der Waals surface area contributed by atoms with E-state index in [1.165, 1.54) is 0 Å². The Hall–Kier alpha value is -1.08. The zero-order valence-electron chi connectivity index (χ0n) is 15.9. The summed E-state index contributed by atoms with van der Waals surface area (Å²) in [6.07, 6.45) is 6.35. The highest BCUT2D eigenvalue weighted by molar-refractivity contribution is 7.90. The zero-order valence-corrected chi connectivity index (χ0v) is 17.5. The number of nitrogens with one attached hydrogen (secondary N) is 1. The summed E-state index contributed by atoms with van der Waals surface area (Å²) in [5.74, 6) is 0.583. The fourth-order valence-corrected chi connectivity index (χ4v) is 3.71. The van der Waals surface area contributed by atoms with Gasteiger partial charge in [-0.05, 0) is 58.4 Å². The molecule has 7 heteroatoms. The quantitative estimate of drug-likeness (QED) is 0.566. The Bertz CT molecular complexity index is 805. The van der Waals surface area contributed by atoms with Crippen molar-refractivity contribution in [1.82, 2.24) is 14.7 Å². The van der Waals surface area contributed by atoms with Crippen LogP contribution in [0.4, 0.5) is 0 Å². The first kappa shape index (κ1) is 19.7. The van der Waals surface area contributed by atoms with Crippen LogP contribution in [0.15, 0.2) is 18.5 Å². The number of pyridine rings is 2. The molecular weight excluding hydrogens is 370 g/mol. The Morgan fingerprint density at radius 1 is 1.31 bits per heavy atom. The smallest absolute Gasteiger partial charge is 0.223 e. The molecule has 26 heavy (non-hydrogen) atoms. The van der Waals surface area contributed by atoms with Crippen molar-refractivity contribution >= 4 is 33.7 Å². The summed E-state index contributed by atoms with van der Waals surface area (Å²) < 4.78 is 21.6. The molecule has 1 aliphatic carbocycles. The minimum absolute atomic E-state index is 0.103. The molecule has 0 saturated heterocycles. The maximum absolute atomic E-state index is 12.6. The monoisotopic (exact) mass is 395 g/mol. The Kier molecular flexibility index (Phi) is 5.41. The van der Waals surface area contributed by atoms with E-state index in [4.69, 9.17) is 16.3 Å². The lowest BCUT2D eigenvalue weighted by atomic mass is 10.0. The van der Waals surface area contributed by atoms with Crippen molar-refractivity contribution in [2.45, 2.75) is 70.3 Å². The predicted molar refractivity (Wildman–Crippen MR) is 107 cm³/mol. The van der Waals surface area contributed by atoms with Gasteiger partial charge in [0, 0.05) is 29.3 Å². The van der Waals surface area contributed by atoms with Gasteiger partial charge in [0.2, 0.25) is 5.88 Å². The van der Waals surface area contributed by atoms with Gasteiger partial charge >= 0.3 is 0 Å². The van der Waals surface area contributed by atoms with Crippen molar-refractivity contribution in [1.29, 1.82) is 0 Å². The molecule has 0 aliphatic heterocycles. The lowest BCUT2D eigenvalue weighted by Crippen LogP contribution is -2.41. The van der Waals surface area contributed by atoms with Gasteiger partial charge in [-0.15, -0.1) is 4.72 Å². The van der Waals surface area contributed by atoms with Gasteiger partial charge in [-0.2, -0.15) is 0 Å². The highest BCUT2D eigenvalue weighted by Crippen LogP contribution is 2.41. The number of aromatic nitrogens is 2. The summed E-state index contributed by atoms with van der Waals surface area (Å²) in [5.41, 5.74) is 0.828. The van der Waals surface area contributed by atoms with E-state index < -0.39 is 11.4 Å². The second-order valence-corrected chi connectivity index (χ2v) is 10.5. The molecule has 2 aromatic rings. The molecule has 0 amide bonds. The predicted octanol–water partition coefficient (Wildman–Crippen LogP) is 4.72. The van der Waals surface area contributed by atoms with Gasteiger partial charge in [-0.1, -0.05) is 18.5 Å². The van der Waals surface area contributed by atoms with Crippen LogP contribution in [0.1, 0.15) is 65.5 Å². The Balaban J connectivity index is 2.02. The van der Waals surface area contributed by atoms with Gasteiger partial charge in [0.25, 0.3) is 0 Å². The molecule has 2 atom stereocenters. The Morgan fingerprint density at radius 2 is 2.00 bits per heavy atom. The van der Waals surface area contributed by atoms with Crippen molar-refractivity contribution in [3.63, 3.8) is 0 Å². The van der Waals surface area contributed by atoms with Gasteiger partial charge in [-0.3, -0.25) is 0 Å². The summed E-state index contributed by atoms with van der Waals surface area (Å²) >= 11 is 4.98. The van der Waals surface area contributed by atoms with Crippen molar-refractivity contribution < 1.29 is 9.29 Å². The van der Waals surface area contributed by atoms with Crippen LogP contribution >= 0.6 is 11.6 Å². The number of fused-ring (bicyclic) bond motifs is 1. The van der Waals surface area contributed by atoms with Crippen LogP contribution in [-0.2, 0) is 11.4 Å². The molecule has 1 aliphatic rings. The maximum atomic E-state index is 12.6. The standard InChI is InChI=1S/C19H26ClN3O2S/c1-6-15(23-26(24)18(2,3)4)13-10-22-17(25-19(5)7-8-19)14-11-21-16(20)9-12(13)14/h9-11,15,23H,6-8H2,1-5H3/t15-,26?/m1/s1. The summed E-state index contributed by atoms with van der Waals surface area (Å²) in [6, 6.07) is 1.73. The van der Waals surface area contributed by atoms with Gasteiger partial charge in [0.05, 0.1) is 11.4 Å². The topological polar surface area (TPSA) is 70.1 Å². The van der Waals surface area contributed by atoms with E-state index >= 15 is 0 Å². The number of rotatable bonds is 6. The third-order valence-electron chi connectivity index (χ3n) is 4.62. The molecule has 5 nitrogen and oxygen atoms in total. The third-order valence-corrected chi connectivity index (χ3v) is 6.44. The van der Waals surface area contributed by atoms with Crippen molar-refractivity contribution in [2.24, 2.45) is 0 Å². The molecule has 1 saturated carbocycles. The third kappa shape index (κ3) is 4.25. The molecule has 1 unspecified atom stereocenters. The Labute approximate surface area is 163 Å². The number of nitrogens with zero attached hydrogens (tertiary/aromatic N) is 2. The molecule has 142 valence electrons. The van der Waals surface area contributed by atoms with Crippen LogP contribution in [0, 0.1) is 0 Å². The molecule has 1 N–H and O–H groups in total. The van der Waals surface area contributed by atoms with E-state index in [0.717, 1.165) is 35.6 Å². The minimum atomic E-state index is -1.18. The number of halogens is 1. The van der Waals surface area contributed by atoms with Gasteiger partial charge in [0.15, 0.2) is 0 Å². The summed E-state index contributed by atoms with van der Waals surface area (Å²) in [6.45, 7) is 10.00. The fourth-order valence-electron chi connectivity index (χ4n) is 2.65. The molecule has 0 bridgehead atoms. The highest BCUT2D eigenvalue weighted by Gasteiger charge is 2.41. The van der Waals surface area contributed by atoms with E-state index in [9.17, 15) is 4.55 Å². The number of hydrogen-bond acceptors (Lipinski definition) is 5. The summed E-state index contributed by atoms with van der Waals surface area (Å²) in [5, 5.41) is 2.19.